The van der Waals surface area contributed by atoms with Gasteiger partial charge in [-0.2, -0.15) is 9.88 Å². The minimum Gasteiger partial charge on any atom is -0.397 e. The van der Waals surface area contributed by atoms with Gasteiger partial charge in [-0.05, 0) is 4.57 Å². The normalized spacial score (nSPS) is 15.0. The maximum atomic E-state index is 11.7. The van der Waals surface area contributed by atoms with Gasteiger partial charge in [-0.25, -0.2) is 9.55 Å². The fourth-order valence-electron chi connectivity index (χ4n) is 1.84. The van der Waals surface area contributed by atoms with E-state index in [4.69, 9.17) is 25.2 Å². The van der Waals surface area contributed by atoms with Gasteiger partial charge >= 0.3 is 29.8 Å². The second kappa shape index (κ2) is 8.69. The van der Waals surface area contributed by atoms with Crippen LogP contribution in [0.4, 0.5) is 5.95 Å². The Labute approximate surface area is 160 Å². The third kappa shape index (κ3) is 5.91. The molecule has 7 N–H and O–H groups in total. The van der Waals surface area contributed by atoms with Crippen molar-refractivity contribution in [2.24, 2.45) is 0 Å². The first kappa shape index (κ1) is 23.1. The summed E-state index contributed by atoms with van der Waals surface area (Å²) in [6.07, 6.45) is 1.10. The standard InChI is InChI=1S/C9H10N5O12P3/c1-4(2-14-3-11-5-6(14)12-8(10)13-7(5)15)23-9(27(16)17,25-28(18)19)24-26-29(20,21)22/h3H,1-2H2,(H5-2,10,12,13,15,16,17,18,19,20,21,22)/p+2. The number of fused-ring (bicyclic) bond motifs is 1. The monoisotopic (exact) mass is 475 g/mol. The zero-order valence-electron chi connectivity index (χ0n) is 13.8. The van der Waals surface area contributed by atoms with E-state index in [0.29, 0.717) is 0 Å². The summed E-state index contributed by atoms with van der Waals surface area (Å²) in [6, 6.07) is 0. The Kier molecular flexibility index (Phi) is 6.93. The summed E-state index contributed by atoms with van der Waals surface area (Å²) in [5.74, 6) is -0.781. The predicted molar refractivity (Wildman–Crippen MR) is 90.5 cm³/mol. The van der Waals surface area contributed by atoms with Crippen molar-refractivity contribution in [3.63, 3.8) is 0 Å². The van der Waals surface area contributed by atoms with Crippen LogP contribution in [0.15, 0.2) is 23.5 Å². The number of allylic oxidation sites excluding steroid dienone is 1. The van der Waals surface area contributed by atoms with E-state index in [1.807, 2.05) is 0 Å². The van der Waals surface area contributed by atoms with Crippen LogP contribution in [0.1, 0.15) is 0 Å². The van der Waals surface area contributed by atoms with Crippen LogP contribution in [-0.4, -0.2) is 44.8 Å². The summed E-state index contributed by atoms with van der Waals surface area (Å²) >= 11 is 0. The van der Waals surface area contributed by atoms with E-state index in [1.165, 1.54) is 0 Å². The maximum Gasteiger partial charge on any atom is 0.705 e. The van der Waals surface area contributed by atoms with E-state index in [9.17, 15) is 23.4 Å². The molecule has 3 atom stereocenters. The zero-order valence-corrected chi connectivity index (χ0v) is 16.5. The van der Waals surface area contributed by atoms with Crippen molar-refractivity contribution >= 4 is 41.2 Å². The molecule has 158 valence electrons. The summed E-state index contributed by atoms with van der Waals surface area (Å²) in [5, 5.41) is 0. The van der Waals surface area contributed by atoms with Gasteiger partial charge in [0, 0.05) is 9.09 Å². The Morgan fingerprint density at radius 2 is 2.07 bits per heavy atom. The Balaban J connectivity index is 2.32. The van der Waals surface area contributed by atoms with Crippen molar-refractivity contribution in [2.45, 2.75) is 12.3 Å². The van der Waals surface area contributed by atoms with Crippen LogP contribution in [0.5, 0.6) is 0 Å². The quantitative estimate of drug-likeness (QED) is 0.0815. The lowest BCUT2D eigenvalue weighted by molar-refractivity contribution is -0.406. The number of aromatic nitrogens is 4. The van der Waals surface area contributed by atoms with Gasteiger partial charge in [-0.15, -0.1) is 9.57 Å². The van der Waals surface area contributed by atoms with Crippen molar-refractivity contribution < 1.29 is 52.1 Å². The van der Waals surface area contributed by atoms with Gasteiger partial charge in [0.2, 0.25) is 5.95 Å². The van der Waals surface area contributed by atoms with E-state index in [1.54, 1.807) is 0 Å². The van der Waals surface area contributed by atoms with Crippen molar-refractivity contribution in [1.82, 2.24) is 19.5 Å². The highest BCUT2D eigenvalue weighted by Crippen LogP contribution is 2.49. The Hall–Kier alpha value is -2.16. The first-order chi connectivity index (χ1) is 13.3. The smallest absolute Gasteiger partial charge is 0.397 e. The van der Waals surface area contributed by atoms with Crippen LogP contribution in [0.25, 0.3) is 11.2 Å². The van der Waals surface area contributed by atoms with Gasteiger partial charge in [0.1, 0.15) is 5.76 Å². The maximum absolute atomic E-state index is 11.7. The molecule has 20 heteroatoms. The lowest BCUT2D eigenvalue weighted by Crippen LogP contribution is -2.33. The van der Waals surface area contributed by atoms with Crippen LogP contribution < -0.4 is 11.3 Å². The third-order valence-corrected chi connectivity index (χ3v) is 4.32. The molecule has 0 fully saturated rings. The number of rotatable bonds is 10. The molecule has 0 bridgehead atoms. The van der Waals surface area contributed by atoms with Gasteiger partial charge in [0.05, 0.1) is 12.9 Å². The van der Waals surface area contributed by atoms with Crippen molar-refractivity contribution in [1.29, 1.82) is 0 Å². The number of imidazole rings is 1. The first-order valence-corrected chi connectivity index (χ1v) is 10.7. The second-order valence-corrected chi connectivity index (χ2v) is 7.79. The summed E-state index contributed by atoms with van der Waals surface area (Å²) in [6.45, 7) is 2.90. The summed E-state index contributed by atoms with van der Waals surface area (Å²) < 4.78 is 47.0. The number of anilines is 1. The molecule has 3 unspecified atom stereocenters. The number of phosphoric acid groups is 1. The van der Waals surface area contributed by atoms with E-state index >= 15 is 0 Å². The fourth-order valence-corrected chi connectivity index (χ4v) is 3.16. The summed E-state index contributed by atoms with van der Waals surface area (Å²) in [5.41, 5.74) is 1.13. The molecule has 29 heavy (non-hydrogen) atoms. The Morgan fingerprint density at radius 1 is 1.41 bits per heavy atom. The molecule has 2 aromatic heterocycles. The summed E-state index contributed by atoms with van der Waals surface area (Å²) in [4.78, 5) is 61.1. The predicted octanol–water partition coefficient (Wildman–Crippen LogP) is -0.715. The summed E-state index contributed by atoms with van der Waals surface area (Å²) in [7, 11) is -13.0. The first-order valence-electron chi connectivity index (χ1n) is 6.85. The third-order valence-electron chi connectivity index (χ3n) is 2.78. The molecule has 0 aliphatic heterocycles. The van der Waals surface area contributed by atoms with E-state index in [-0.39, 0.29) is 17.1 Å². The number of nitrogens with one attached hydrogen (secondary N) is 1. The van der Waals surface area contributed by atoms with Crippen molar-refractivity contribution in [3.8, 4) is 0 Å². The van der Waals surface area contributed by atoms with Gasteiger partial charge in [-0.3, -0.25) is 9.78 Å². The number of aromatic amines is 1. The van der Waals surface area contributed by atoms with Crippen LogP contribution in [0.3, 0.4) is 0 Å². The van der Waals surface area contributed by atoms with Crippen molar-refractivity contribution in [2.75, 3.05) is 5.73 Å². The van der Waals surface area contributed by atoms with Crippen LogP contribution in [-0.2, 0) is 39.1 Å². The fraction of sp³-hybridized carbons (Fsp3) is 0.222. The molecule has 0 aliphatic carbocycles. The SMILES string of the molecule is C=C(Cn1cnc2c(=O)[nH]c(N)nc21)OC(OOP(=O)(O)O)(O[P+](=O)O)[P+](=O)O. The number of nitrogens with zero attached hydrogens (tertiary/aromatic N) is 3. The highest BCUT2D eigenvalue weighted by atomic mass is 31.2. The molecule has 0 saturated heterocycles. The van der Waals surface area contributed by atoms with Gasteiger partial charge in [-0.1, -0.05) is 11.5 Å². The largest absolute Gasteiger partial charge is 0.705 e. The Bertz CT molecular complexity index is 1080. The van der Waals surface area contributed by atoms with Crippen molar-refractivity contribution in [3.05, 3.63) is 29.0 Å². The lowest BCUT2D eigenvalue weighted by atomic mass is 10.5. The van der Waals surface area contributed by atoms with Gasteiger partial charge in [0.25, 0.3) is 5.56 Å². The molecule has 0 aliphatic rings. The Morgan fingerprint density at radius 3 is 2.62 bits per heavy atom. The molecule has 2 aromatic rings. The number of H-pyrrole nitrogens is 1. The molecule has 2 heterocycles. The molecule has 0 amide bonds. The van der Waals surface area contributed by atoms with Crippen LogP contribution in [0, 0.1) is 0 Å². The number of hydrogen-bond acceptors (Lipinski definition) is 11. The molecule has 0 saturated carbocycles. The molecule has 0 aromatic carbocycles. The molecule has 17 nitrogen and oxygen atoms in total. The number of nitrogen functional groups attached to an aromatic ring is 1. The molecular weight excluding hydrogens is 463 g/mol. The minimum atomic E-state index is -5.39. The minimum absolute atomic E-state index is 0.0449. The van der Waals surface area contributed by atoms with Gasteiger partial charge in [0.15, 0.2) is 11.2 Å². The van der Waals surface area contributed by atoms with E-state index in [2.05, 4.69) is 35.6 Å². The zero-order chi connectivity index (χ0) is 22.0. The van der Waals surface area contributed by atoms with E-state index < -0.39 is 47.7 Å². The average molecular weight is 475 g/mol. The van der Waals surface area contributed by atoms with Crippen LogP contribution >= 0.6 is 24.1 Å². The van der Waals surface area contributed by atoms with Gasteiger partial charge < -0.3 is 24.8 Å². The van der Waals surface area contributed by atoms with E-state index in [0.717, 1.165) is 10.9 Å². The topological polar surface area (TPSA) is 259 Å². The number of hydrogen-bond donors (Lipinski definition) is 6. The molecule has 0 spiro atoms. The van der Waals surface area contributed by atoms with Crippen LogP contribution in [0.2, 0.25) is 0 Å². The second-order valence-electron chi connectivity index (χ2n) is 4.91. The molecular formula is C9H12N5O12P3+2. The lowest BCUT2D eigenvalue weighted by Gasteiger charge is -2.17. The average Bonchev–Trinajstić information content (AvgIpc) is 2.94. The molecule has 2 rings (SSSR count). The highest BCUT2D eigenvalue weighted by Gasteiger charge is 2.67. The highest BCUT2D eigenvalue weighted by molar-refractivity contribution is 7.46. The number of ether oxygens (including phenoxy) is 1. The molecule has 0 radical (unpaired) electrons. The number of nitrogens with two attached hydrogens (primary N) is 1.